The summed E-state index contributed by atoms with van der Waals surface area (Å²) >= 11 is 0. The highest BCUT2D eigenvalue weighted by molar-refractivity contribution is 5.66. The lowest BCUT2D eigenvalue weighted by atomic mass is 10.3. The third-order valence-corrected chi connectivity index (χ3v) is 2.15. The zero-order chi connectivity index (χ0) is 11.3. The Hall–Kier alpha value is -1.36. The van der Waals surface area contributed by atoms with E-state index in [1.54, 1.807) is 0 Å². The zero-order valence-corrected chi connectivity index (χ0v) is 9.16. The first-order valence-corrected chi connectivity index (χ1v) is 5.01. The Morgan fingerprint density at radius 1 is 1.67 bits per heavy atom. The first kappa shape index (κ1) is 11.7. The third-order valence-electron chi connectivity index (χ3n) is 2.15. The highest BCUT2D eigenvalue weighted by Gasteiger charge is 2.01. The van der Waals surface area contributed by atoms with E-state index in [2.05, 4.69) is 10.4 Å². The van der Waals surface area contributed by atoms with Crippen molar-refractivity contribution < 1.29 is 9.90 Å². The van der Waals surface area contributed by atoms with Crippen LogP contribution in [0.25, 0.3) is 0 Å². The fraction of sp³-hybridized carbons (Fsp3) is 0.600. The van der Waals surface area contributed by atoms with E-state index in [0.717, 1.165) is 24.5 Å². The van der Waals surface area contributed by atoms with Crippen molar-refractivity contribution in [1.29, 1.82) is 0 Å². The molecule has 5 nitrogen and oxygen atoms in total. The van der Waals surface area contributed by atoms with Crippen LogP contribution in [0.5, 0.6) is 0 Å². The molecule has 0 aromatic carbocycles. The average molecular weight is 211 g/mol. The van der Waals surface area contributed by atoms with Crippen LogP contribution >= 0.6 is 0 Å². The Kier molecular flexibility index (Phi) is 4.30. The molecule has 0 aliphatic heterocycles. The van der Waals surface area contributed by atoms with Crippen molar-refractivity contribution >= 4 is 5.97 Å². The summed E-state index contributed by atoms with van der Waals surface area (Å²) in [5, 5.41) is 15.8. The van der Waals surface area contributed by atoms with Gasteiger partial charge in [-0.1, -0.05) is 0 Å². The summed E-state index contributed by atoms with van der Waals surface area (Å²) in [4.78, 5) is 10.2. The minimum atomic E-state index is -0.742. The first-order chi connectivity index (χ1) is 7.09. The van der Waals surface area contributed by atoms with Gasteiger partial charge in [0.25, 0.3) is 0 Å². The summed E-state index contributed by atoms with van der Waals surface area (Å²) in [5.74, 6) is -0.742. The average Bonchev–Trinajstić information content (AvgIpc) is 2.44. The first-order valence-electron chi connectivity index (χ1n) is 5.01. The SMILES string of the molecule is Cc1cc(CNCCCC(=O)O)n(C)n1. The summed E-state index contributed by atoms with van der Waals surface area (Å²) in [6.45, 7) is 3.40. The molecule has 0 aliphatic carbocycles. The zero-order valence-electron chi connectivity index (χ0n) is 9.16. The molecule has 1 heterocycles. The molecule has 0 radical (unpaired) electrons. The van der Waals surface area contributed by atoms with Crippen molar-refractivity contribution in [1.82, 2.24) is 15.1 Å². The number of carboxylic acids is 1. The Labute approximate surface area is 89.1 Å². The molecule has 1 aromatic heterocycles. The Morgan fingerprint density at radius 3 is 2.93 bits per heavy atom. The topological polar surface area (TPSA) is 67.2 Å². The van der Waals surface area contributed by atoms with Gasteiger partial charge in [-0.25, -0.2) is 0 Å². The van der Waals surface area contributed by atoms with E-state index in [4.69, 9.17) is 5.11 Å². The van der Waals surface area contributed by atoms with E-state index in [1.807, 2.05) is 24.7 Å². The van der Waals surface area contributed by atoms with Crippen LogP contribution in [-0.4, -0.2) is 27.4 Å². The number of carboxylic acid groups (broad SMARTS) is 1. The molecule has 0 atom stereocenters. The molecule has 0 fully saturated rings. The minimum Gasteiger partial charge on any atom is -0.481 e. The Bertz CT molecular complexity index is 333. The molecule has 2 N–H and O–H groups in total. The second-order valence-corrected chi connectivity index (χ2v) is 3.57. The summed E-state index contributed by atoms with van der Waals surface area (Å²) in [6.07, 6.45) is 0.879. The van der Waals surface area contributed by atoms with Gasteiger partial charge >= 0.3 is 5.97 Å². The second-order valence-electron chi connectivity index (χ2n) is 3.57. The van der Waals surface area contributed by atoms with E-state index in [-0.39, 0.29) is 6.42 Å². The molecule has 84 valence electrons. The van der Waals surface area contributed by atoms with Gasteiger partial charge in [-0.15, -0.1) is 0 Å². The lowest BCUT2D eigenvalue weighted by Gasteiger charge is -2.03. The molecule has 5 heteroatoms. The van der Waals surface area contributed by atoms with Gasteiger partial charge in [-0.3, -0.25) is 9.48 Å². The van der Waals surface area contributed by atoms with Crippen molar-refractivity contribution in [2.24, 2.45) is 7.05 Å². The summed E-state index contributed by atoms with van der Waals surface area (Å²) in [6, 6.07) is 2.02. The molecule has 0 unspecified atom stereocenters. The van der Waals surface area contributed by atoms with Gasteiger partial charge in [0.15, 0.2) is 0 Å². The van der Waals surface area contributed by atoms with E-state index >= 15 is 0 Å². The van der Waals surface area contributed by atoms with E-state index < -0.39 is 5.97 Å². The quantitative estimate of drug-likeness (QED) is 0.679. The number of hydrogen-bond donors (Lipinski definition) is 2. The van der Waals surface area contributed by atoms with Crippen LogP contribution in [0.3, 0.4) is 0 Å². The Morgan fingerprint density at radius 2 is 2.40 bits per heavy atom. The second kappa shape index (κ2) is 5.50. The molecule has 1 rings (SSSR count). The molecule has 0 saturated heterocycles. The molecule has 15 heavy (non-hydrogen) atoms. The Balaban J connectivity index is 2.20. The van der Waals surface area contributed by atoms with Gasteiger partial charge in [-0.2, -0.15) is 5.10 Å². The third kappa shape index (κ3) is 4.12. The molecule has 0 aliphatic rings. The molecule has 0 spiro atoms. The molecular formula is C10H17N3O2. The normalized spacial score (nSPS) is 10.5. The molecule has 0 saturated carbocycles. The maximum atomic E-state index is 10.2. The van der Waals surface area contributed by atoms with Gasteiger partial charge in [0.2, 0.25) is 0 Å². The van der Waals surface area contributed by atoms with Crippen molar-refractivity contribution in [3.05, 3.63) is 17.5 Å². The van der Waals surface area contributed by atoms with E-state index in [0.29, 0.717) is 6.42 Å². The van der Waals surface area contributed by atoms with Gasteiger partial charge in [0.1, 0.15) is 0 Å². The molecular weight excluding hydrogens is 194 g/mol. The predicted molar refractivity (Wildman–Crippen MR) is 56.5 cm³/mol. The van der Waals surface area contributed by atoms with Crippen LogP contribution < -0.4 is 5.32 Å². The van der Waals surface area contributed by atoms with Crippen molar-refractivity contribution in [3.63, 3.8) is 0 Å². The standard InChI is InChI=1S/C10H17N3O2/c1-8-6-9(13(2)12-8)7-11-5-3-4-10(14)15/h6,11H,3-5,7H2,1-2H3,(H,14,15). The highest BCUT2D eigenvalue weighted by Crippen LogP contribution is 2.00. The fourth-order valence-electron chi connectivity index (χ4n) is 1.41. The number of aliphatic carboxylic acids is 1. The summed E-state index contributed by atoms with van der Waals surface area (Å²) < 4.78 is 1.83. The number of hydrogen-bond acceptors (Lipinski definition) is 3. The number of aromatic nitrogens is 2. The lowest BCUT2D eigenvalue weighted by Crippen LogP contribution is -2.17. The van der Waals surface area contributed by atoms with Gasteiger partial charge in [-0.05, 0) is 26.0 Å². The monoisotopic (exact) mass is 211 g/mol. The van der Waals surface area contributed by atoms with Crippen LogP contribution in [0.15, 0.2) is 6.07 Å². The van der Waals surface area contributed by atoms with Crippen LogP contribution in [0.1, 0.15) is 24.2 Å². The summed E-state index contributed by atoms with van der Waals surface area (Å²) in [7, 11) is 1.90. The fourth-order valence-corrected chi connectivity index (χ4v) is 1.41. The number of nitrogens with zero attached hydrogens (tertiary/aromatic N) is 2. The predicted octanol–water partition coefficient (Wildman–Crippen LogP) is 0.683. The van der Waals surface area contributed by atoms with Crippen LogP contribution in [0, 0.1) is 6.92 Å². The maximum Gasteiger partial charge on any atom is 0.303 e. The number of nitrogens with one attached hydrogen (secondary N) is 1. The van der Waals surface area contributed by atoms with E-state index in [1.165, 1.54) is 0 Å². The number of aryl methyl sites for hydroxylation is 2. The van der Waals surface area contributed by atoms with Crippen molar-refractivity contribution in [3.8, 4) is 0 Å². The smallest absolute Gasteiger partial charge is 0.303 e. The maximum absolute atomic E-state index is 10.2. The lowest BCUT2D eigenvalue weighted by molar-refractivity contribution is -0.137. The molecule has 0 bridgehead atoms. The van der Waals surface area contributed by atoms with Crippen LogP contribution in [0.4, 0.5) is 0 Å². The molecule has 0 amide bonds. The van der Waals surface area contributed by atoms with Crippen LogP contribution in [0.2, 0.25) is 0 Å². The van der Waals surface area contributed by atoms with Crippen LogP contribution in [-0.2, 0) is 18.4 Å². The van der Waals surface area contributed by atoms with E-state index in [9.17, 15) is 4.79 Å². The minimum absolute atomic E-state index is 0.220. The van der Waals surface area contributed by atoms with Crippen molar-refractivity contribution in [2.45, 2.75) is 26.3 Å². The van der Waals surface area contributed by atoms with Gasteiger partial charge in [0.05, 0.1) is 11.4 Å². The largest absolute Gasteiger partial charge is 0.481 e. The summed E-state index contributed by atoms with van der Waals surface area (Å²) in [5.41, 5.74) is 2.11. The molecule has 1 aromatic rings. The number of rotatable bonds is 6. The van der Waals surface area contributed by atoms with Gasteiger partial charge in [0, 0.05) is 20.0 Å². The van der Waals surface area contributed by atoms with Crippen molar-refractivity contribution in [2.75, 3.05) is 6.54 Å². The highest BCUT2D eigenvalue weighted by atomic mass is 16.4. The van der Waals surface area contributed by atoms with Gasteiger partial charge < -0.3 is 10.4 Å². The number of carbonyl (C=O) groups is 1.